The second kappa shape index (κ2) is 10.5. The minimum Gasteiger partial charge on any atom is -0.357 e. The van der Waals surface area contributed by atoms with E-state index in [0.717, 1.165) is 10.6 Å². The molecule has 0 fully saturated rings. The van der Waals surface area contributed by atoms with Crippen molar-refractivity contribution in [1.82, 2.24) is 10.2 Å². The smallest absolute Gasteiger partial charge is 0.244 e. The van der Waals surface area contributed by atoms with Gasteiger partial charge in [-0.25, -0.2) is 8.42 Å². The SMILES string of the molecule is CNC(=O)[C@H](C)N(Cc1ccc(Cl)c(Cl)c1)C(=O)CN(c1cccc(Cl)c1)S(C)(=O)=O. The number of benzene rings is 2. The Labute approximate surface area is 196 Å². The van der Waals surface area contributed by atoms with Crippen LogP contribution in [-0.2, 0) is 26.2 Å². The molecule has 0 aliphatic heterocycles. The van der Waals surface area contributed by atoms with Crippen molar-refractivity contribution in [1.29, 1.82) is 0 Å². The number of rotatable bonds is 8. The number of halogens is 3. The van der Waals surface area contributed by atoms with Gasteiger partial charge >= 0.3 is 0 Å². The second-order valence-electron chi connectivity index (χ2n) is 6.81. The van der Waals surface area contributed by atoms with Gasteiger partial charge in [-0.1, -0.05) is 46.9 Å². The Balaban J connectivity index is 2.40. The Morgan fingerprint density at radius 1 is 1.06 bits per heavy atom. The molecule has 7 nitrogen and oxygen atoms in total. The second-order valence-corrected chi connectivity index (χ2v) is 9.97. The van der Waals surface area contributed by atoms with E-state index in [-0.39, 0.29) is 12.2 Å². The van der Waals surface area contributed by atoms with Crippen molar-refractivity contribution in [2.45, 2.75) is 19.5 Å². The minimum absolute atomic E-state index is 0.0253. The number of anilines is 1. The number of nitrogens with one attached hydrogen (secondary N) is 1. The number of nitrogens with zero attached hydrogens (tertiary/aromatic N) is 2. The van der Waals surface area contributed by atoms with E-state index in [2.05, 4.69) is 5.32 Å². The molecule has 0 aliphatic carbocycles. The summed E-state index contributed by atoms with van der Waals surface area (Å²) in [6.07, 6.45) is 0.993. The van der Waals surface area contributed by atoms with Crippen LogP contribution in [0.15, 0.2) is 42.5 Å². The fourth-order valence-electron chi connectivity index (χ4n) is 2.87. The van der Waals surface area contributed by atoms with Crippen LogP contribution in [0.1, 0.15) is 12.5 Å². The molecule has 31 heavy (non-hydrogen) atoms. The summed E-state index contributed by atoms with van der Waals surface area (Å²) in [6, 6.07) is 10.1. The molecule has 0 saturated carbocycles. The van der Waals surface area contributed by atoms with Gasteiger partial charge < -0.3 is 10.2 Å². The van der Waals surface area contributed by atoms with E-state index < -0.39 is 34.4 Å². The predicted octanol–water partition coefficient (Wildman–Crippen LogP) is 3.58. The molecule has 1 atom stereocenters. The lowest BCUT2D eigenvalue weighted by molar-refractivity contribution is -0.139. The molecule has 0 bridgehead atoms. The Kier molecular flexibility index (Phi) is 8.59. The summed E-state index contributed by atoms with van der Waals surface area (Å²) in [5.74, 6) is -0.977. The fourth-order valence-corrected chi connectivity index (χ4v) is 4.22. The Bertz CT molecular complexity index is 1080. The third-order valence-electron chi connectivity index (χ3n) is 4.53. The molecule has 0 aliphatic rings. The van der Waals surface area contributed by atoms with Gasteiger partial charge in [-0.2, -0.15) is 0 Å². The highest BCUT2D eigenvalue weighted by Crippen LogP contribution is 2.25. The molecule has 0 saturated heterocycles. The Hall–Kier alpha value is -2.00. The quantitative estimate of drug-likeness (QED) is 0.593. The van der Waals surface area contributed by atoms with Crippen LogP contribution in [0.3, 0.4) is 0 Å². The maximum absolute atomic E-state index is 13.2. The van der Waals surface area contributed by atoms with Crippen molar-refractivity contribution in [2.24, 2.45) is 0 Å². The molecule has 0 heterocycles. The van der Waals surface area contributed by atoms with Crippen LogP contribution in [0.25, 0.3) is 0 Å². The molecule has 2 amide bonds. The zero-order valence-electron chi connectivity index (χ0n) is 17.1. The number of amides is 2. The van der Waals surface area contributed by atoms with Crippen molar-refractivity contribution in [3.8, 4) is 0 Å². The highest BCUT2D eigenvalue weighted by molar-refractivity contribution is 7.92. The van der Waals surface area contributed by atoms with E-state index in [9.17, 15) is 18.0 Å². The lowest BCUT2D eigenvalue weighted by Gasteiger charge is -2.31. The maximum atomic E-state index is 13.2. The number of likely N-dealkylation sites (N-methyl/N-ethyl adjacent to an activating group) is 1. The summed E-state index contributed by atoms with van der Waals surface area (Å²) in [5, 5.41) is 3.48. The van der Waals surface area contributed by atoms with Crippen LogP contribution in [0.4, 0.5) is 5.69 Å². The summed E-state index contributed by atoms with van der Waals surface area (Å²) in [5.41, 5.74) is 0.873. The lowest BCUT2D eigenvalue weighted by atomic mass is 10.1. The van der Waals surface area contributed by atoms with E-state index in [1.54, 1.807) is 37.3 Å². The Morgan fingerprint density at radius 2 is 1.74 bits per heavy atom. The molecule has 168 valence electrons. The van der Waals surface area contributed by atoms with E-state index in [4.69, 9.17) is 34.8 Å². The normalized spacial score (nSPS) is 12.2. The van der Waals surface area contributed by atoms with Crippen LogP contribution in [0.2, 0.25) is 15.1 Å². The van der Waals surface area contributed by atoms with Gasteiger partial charge in [0.05, 0.1) is 22.0 Å². The molecule has 0 aromatic heterocycles. The molecule has 0 unspecified atom stereocenters. The third-order valence-corrected chi connectivity index (χ3v) is 6.64. The van der Waals surface area contributed by atoms with Crippen molar-refractivity contribution < 1.29 is 18.0 Å². The summed E-state index contributed by atoms with van der Waals surface area (Å²) in [6.45, 7) is 1.07. The maximum Gasteiger partial charge on any atom is 0.244 e. The van der Waals surface area contributed by atoms with Crippen LogP contribution < -0.4 is 9.62 Å². The fraction of sp³-hybridized carbons (Fsp3) is 0.300. The molecule has 11 heteroatoms. The molecule has 2 rings (SSSR count). The number of sulfonamides is 1. The summed E-state index contributed by atoms with van der Waals surface area (Å²) >= 11 is 18.0. The lowest BCUT2D eigenvalue weighted by Crippen LogP contribution is -2.50. The van der Waals surface area contributed by atoms with E-state index in [0.29, 0.717) is 20.6 Å². The van der Waals surface area contributed by atoms with Crippen molar-refractivity contribution in [3.63, 3.8) is 0 Å². The van der Waals surface area contributed by atoms with Crippen LogP contribution in [0, 0.1) is 0 Å². The topological polar surface area (TPSA) is 86.8 Å². The highest BCUT2D eigenvalue weighted by Gasteiger charge is 2.29. The zero-order valence-corrected chi connectivity index (χ0v) is 20.2. The zero-order chi connectivity index (χ0) is 23.3. The van der Waals surface area contributed by atoms with E-state index in [1.807, 2.05) is 0 Å². The van der Waals surface area contributed by atoms with Gasteiger partial charge in [0, 0.05) is 18.6 Å². The first kappa shape index (κ1) is 25.3. The van der Waals surface area contributed by atoms with Crippen LogP contribution >= 0.6 is 34.8 Å². The number of carbonyl (C=O) groups is 2. The largest absolute Gasteiger partial charge is 0.357 e. The van der Waals surface area contributed by atoms with Gasteiger partial charge in [-0.05, 0) is 42.8 Å². The first-order chi connectivity index (χ1) is 14.4. The average molecular weight is 507 g/mol. The molecule has 0 radical (unpaired) electrons. The van der Waals surface area contributed by atoms with Crippen molar-refractivity contribution in [3.05, 3.63) is 63.1 Å². The van der Waals surface area contributed by atoms with Crippen LogP contribution in [0.5, 0.6) is 0 Å². The van der Waals surface area contributed by atoms with Gasteiger partial charge in [0.15, 0.2) is 0 Å². The summed E-state index contributed by atoms with van der Waals surface area (Å²) in [7, 11) is -2.36. The van der Waals surface area contributed by atoms with E-state index >= 15 is 0 Å². The van der Waals surface area contributed by atoms with Gasteiger partial charge in [-0.3, -0.25) is 13.9 Å². The number of hydrogen-bond donors (Lipinski definition) is 1. The molecule has 2 aromatic rings. The van der Waals surface area contributed by atoms with Gasteiger partial charge in [0.1, 0.15) is 12.6 Å². The monoisotopic (exact) mass is 505 g/mol. The first-order valence-corrected chi connectivity index (χ1v) is 12.1. The molecule has 1 N–H and O–H groups in total. The van der Waals surface area contributed by atoms with E-state index in [1.165, 1.54) is 24.1 Å². The number of hydrogen-bond acceptors (Lipinski definition) is 4. The van der Waals surface area contributed by atoms with Crippen LogP contribution in [-0.4, -0.2) is 51.0 Å². The summed E-state index contributed by atoms with van der Waals surface area (Å²) < 4.78 is 25.7. The predicted molar refractivity (Wildman–Crippen MR) is 124 cm³/mol. The standard InChI is InChI=1S/C20H22Cl3N3O4S/c1-13(20(28)24-2)25(11-14-7-8-17(22)18(23)9-14)19(27)12-26(31(3,29)30)16-6-4-5-15(21)10-16/h4-10,13H,11-12H2,1-3H3,(H,24,28)/t13-/m0/s1. The summed E-state index contributed by atoms with van der Waals surface area (Å²) in [4.78, 5) is 26.8. The highest BCUT2D eigenvalue weighted by atomic mass is 35.5. The number of carbonyl (C=O) groups excluding carboxylic acids is 2. The Morgan fingerprint density at radius 3 is 2.29 bits per heavy atom. The van der Waals surface area contributed by atoms with Gasteiger partial charge in [-0.15, -0.1) is 0 Å². The minimum atomic E-state index is -3.81. The molecular formula is C20H22Cl3N3O4S. The van der Waals surface area contributed by atoms with Crippen molar-refractivity contribution in [2.75, 3.05) is 24.2 Å². The van der Waals surface area contributed by atoms with Crippen molar-refractivity contribution >= 4 is 62.3 Å². The molecule has 0 spiro atoms. The average Bonchev–Trinajstić information content (AvgIpc) is 2.70. The molecular weight excluding hydrogens is 485 g/mol. The molecule has 2 aromatic carbocycles. The first-order valence-electron chi connectivity index (χ1n) is 9.12. The van der Waals surface area contributed by atoms with Gasteiger partial charge in [0.2, 0.25) is 21.8 Å². The third kappa shape index (κ3) is 6.74. The van der Waals surface area contributed by atoms with Gasteiger partial charge in [0.25, 0.3) is 0 Å².